The minimum atomic E-state index is -0.628. The van der Waals surface area contributed by atoms with E-state index in [2.05, 4.69) is 22.3 Å². The Balaban J connectivity index is 2.40. The van der Waals surface area contributed by atoms with Crippen molar-refractivity contribution in [2.24, 2.45) is 5.84 Å². The number of nitrogens with two attached hydrogens (primary N) is 1. The lowest BCUT2D eigenvalue weighted by atomic mass is 9.98. The molecule has 0 atom stereocenters. The molecule has 1 aliphatic heterocycles. The van der Waals surface area contributed by atoms with E-state index >= 15 is 0 Å². The molecule has 2 heterocycles. The summed E-state index contributed by atoms with van der Waals surface area (Å²) in [6, 6.07) is 1.79. The van der Waals surface area contributed by atoms with Gasteiger partial charge in [-0.2, -0.15) is 0 Å². The van der Waals surface area contributed by atoms with E-state index < -0.39 is 5.54 Å². The summed E-state index contributed by atoms with van der Waals surface area (Å²) in [6.07, 6.45) is 1.74. The van der Waals surface area contributed by atoms with Crippen molar-refractivity contribution < 1.29 is 4.79 Å². The smallest absolute Gasteiger partial charge is 0.247 e. The largest absolute Gasteiger partial charge is 0.342 e. The predicted molar refractivity (Wildman–Crippen MR) is 82.9 cm³/mol. The van der Waals surface area contributed by atoms with E-state index in [0.717, 1.165) is 31.0 Å². The number of carbonyl (C=O) groups is 1. The van der Waals surface area contributed by atoms with Gasteiger partial charge in [-0.25, -0.2) is 15.8 Å². The monoisotopic (exact) mass is 292 g/mol. The van der Waals surface area contributed by atoms with Crippen molar-refractivity contribution in [1.82, 2.24) is 14.9 Å². The third kappa shape index (κ3) is 2.92. The standard InChI is InChI=1S/C14H24N6O/c1-5-6-10-16-11(18-15)9-12(17-10)20-8-7-19(4)13(21)14(20,2)3/h9H,5-8,15H2,1-4H3,(H,16,17,18). The van der Waals surface area contributed by atoms with Gasteiger partial charge in [0.25, 0.3) is 0 Å². The van der Waals surface area contributed by atoms with Crippen molar-refractivity contribution >= 4 is 17.5 Å². The first kappa shape index (κ1) is 15.5. The van der Waals surface area contributed by atoms with E-state index in [1.54, 1.807) is 11.0 Å². The first-order valence-corrected chi connectivity index (χ1v) is 7.28. The molecule has 0 aliphatic carbocycles. The molecular weight excluding hydrogens is 268 g/mol. The summed E-state index contributed by atoms with van der Waals surface area (Å²) >= 11 is 0. The number of nitrogens with one attached hydrogen (secondary N) is 1. The molecule has 21 heavy (non-hydrogen) atoms. The maximum atomic E-state index is 12.4. The number of hydrogen-bond donors (Lipinski definition) is 2. The Morgan fingerprint density at radius 3 is 2.71 bits per heavy atom. The summed E-state index contributed by atoms with van der Waals surface area (Å²) in [5, 5.41) is 0. The van der Waals surface area contributed by atoms with E-state index in [-0.39, 0.29) is 5.91 Å². The molecule has 1 fully saturated rings. The first-order valence-electron chi connectivity index (χ1n) is 7.28. The van der Waals surface area contributed by atoms with Gasteiger partial charge in [0.2, 0.25) is 5.91 Å². The van der Waals surface area contributed by atoms with Crippen LogP contribution in [0.2, 0.25) is 0 Å². The van der Waals surface area contributed by atoms with Crippen LogP contribution in [0.1, 0.15) is 33.0 Å². The van der Waals surface area contributed by atoms with Gasteiger partial charge < -0.3 is 15.2 Å². The highest BCUT2D eigenvalue weighted by molar-refractivity contribution is 5.90. The Hall–Kier alpha value is -1.89. The third-order valence-electron chi connectivity index (χ3n) is 3.86. The van der Waals surface area contributed by atoms with Gasteiger partial charge in [-0.15, -0.1) is 0 Å². The van der Waals surface area contributed by atoms with E-state index in [9.17, 15) is 4.79 Å². The molecule has 0 radical (unpaired) electrons. The molecule has 1 aromatic heterocycles. The van der Waals surface area contributed by atoms with Crippen molar-refractivity contribution in [3.8, 4) is 0 Å². The van der Waals surface area contributed by atoms with Gasteiger partial charge in [-0.1, -0.05) is 6.92 Å². The lowest BCUT2D eigenvalue weighted by molar-refractivity contribution is -0.136. The van der Waals surface area contributed by atoms with Crippen LogP contribution >= 0.6 is 0 Å². The van der Waals surface area contributed by atoms with Gasteiger partial charge in [-0.3, -0.25) is 4.79 Å². The molecule has 7 nitrogen and oxygen atoms in total. The fourth-order valence-corrected chi connectivity index (χ4v) is 2.65. The van der Waals surface area contributed by atoms with Crippen LogP contribution in [-0.2, 0) is 11.2 Å². The van der Waals surface area contributed by atoms with E-state index in [1.165, 1.54) is 0 Å². The fraction of sp³-hybridized carbons (Fsp3) is 0.643. The predicted octanol–water partition coefficient (Wildman–Crippen LogP) is 0.772. The SMILES string of the molecule is CCCc1nc(NN)cc(N2CCN(C)C(=O)C2(C)C)n1. The molecule has 1 saturated heterocycles. The van der Waals surface area contributed by atoms with Gasteiger partial charge in [0.05, 0.1) is 0 Å². The molecule has 7 heteroatoms. The van der Waals surface area contributed by atoms with Gasteiger partial charge in [0.1, 0.15) is 23.0 Å². The minimum Gasteiger partial charge on any atom is -0.342 e. The Kier molecular flexibility index (Phi) is 4.32. The Morgan fingerprint density at radius 2 is 2.10 bits per heavy atom. The summed E-state index contributed by atoms with van der Waals surface area (Å²) in [6.45, 7) is 7.34. The molecule has 1 amide bonds. The zero-order valence-electron chi connectivity index (χ0n) is 13.2. The molecule has 0 spiro atoms. The molecule has 0 unspecified atom stereocenters. The summed E-state index contributed by atoms with van der Waals surface area (Å²) in [5.41, 5.74) is 1.95. The van der Waals surface area contributed by atoms with Crippen LogP contribution in [0.5, 0.6) is 0 Å². The summed E-state index contributed by atoms with van der Waals surface area (Å²) in [5.74, 6) is 7.64. The van der Waals surface area contributed by atoms with Crippen molar-refractivity contribution in [2.45, 2.75) is 39.2 Å². The maximum absolute atomic E-state index is 12.4. The highest BCUT2D eigenvalue weighted by atomic mass is 16.2. The number of amides is 1. The zero-order chi connectivity index (χ0) is 15.6. The van der Waals surface area contributed by atoms with Gasteiger partial charge in [0, 0.05) is 32.6 Å². The maximum Gasteiger partial charge on any atom is 0.247 e. The number of rotatable bonds is 4. The van der Waals surface area contributed by atoms with Crippen molar-refractivity contribution in [3.05, 3.63) is 11.9 Å². The molecular formula is C14H24N6O. The number of carbonyl (C=O) groups excluding carboxylic acids is 1. The summed E-state index contributed by atoms with van der Waals surface area (Å²) < 4.78 is 0. The van der Waals surface area contributed by atoms with Crippen LogP contribution in [-0.4, -0.2) is 46.5 Å². The van der Waals surface area contributed by atoms with E-state index in [0.29, 0.717) is 12.4 Å². The van der Waals surface area contributed by atoms with E-state index in [1.807, 2.05) is 25.8 Å². The minimum absolute atomic E-state index is 0.0895. The fourth-order valence-electron chi connectivity index (χ4n) is 2.65. The summed E-state index contributed by atoms with van der Waals surface area (Å²) in [4.78, 5) is 25.1. The Bertz CT molecular complexity index is 530. The highest BCUT2D eigenvalue weighted by Crippen LogP contribution is 2.28. The van der Waals surface area contributed by atoms with E-state index in [4.69, 9.17) is 5.84 Å². The van der Waals surface area contributed by atoms with Crippen LogP contribution in [0.25, 0.3) is 0 Å². The van der Waals surface area contributed by atoms with Crippen molar-refractivity contribution in [1.29, 1.82) is 0 Å². The number of aryl methyl sites for hydroxylation is 1. The molecule has 0 saturated carbocycles. The van der Waals surface area contributed by atoms with Crippen LogP contribution in [0.3, 0.4) is 0 Å². The van der Waals surface area contributed by atoms with Crippen molar-refractivity contribution in [2.75, 3.05) is 30.5 Å². The van der Waals surface area contributed by atoms with Crippen LogP contribution < -0.4 is 16.2 Å². The zero-order valence-corrected chi connectivity index (χ0v) is 13.2. The molecule has 0 aromatic carbocycles. The van der Waals surface area contributed by atoms with Crippen molar-refractivity contribution in [3.63, 3.8) is 0 Å². The number of hydrogen-bond acceptors (Lipinski definition) is 6. The summed E-state index contributed by atoms with van der Waals surface area (Å²) in [7, 11) is 1.83. The second-order valence-corrected chi connectivity index (χ2v) is 5.86. The lowest BCUT2D eigenvalue weighted by Crippen LogP contribution is -2.62. The Labute approximate surface area is 125 Å². The molecule has 1 aromatic rings. The molecule has 3 N–H and O–H groups in total. The normalized spacial score (nSPS) is 18.0. The van der Waals surface area contributed by atoms with Crippen LogP contribution in [0, 0.1) is 0 Å². The van der Waals surface area contributed by atoms with Crippen LogP contribution in [0.15, 0.2) is 6.07 Å². The number of anilines is 2. The van der Waals surface area contributed by atoms with Crippen LogP contribution in [0.4, 0.5) is 11.6 Å². The van der Waals surface area contributed by atoms with Gasteiger partial charge >= 0.3 is 0 Å². The second kappa shape index (κ2) is 5.85. The number of nitrogen functional groups attached to an aromatic ring is 1. The number of hydrazine groups is 1. The third-order valence-corrected chi connectivity index (χ3v) is 3.86. The second-order valence-electron chi connectivity index (χ2n) is 5.86. The molecule has 2 rings (SSSR count). The number of aromatic nitrogens is 2. The Morgan fingerprint density at radius 1 is 1.38 bits per heavy atom. The van der Waals surface area contributed by atoms with Gasteiger partial charge in [-0.05, 0) is 20.3 Å². The molecule has 0 bridgehead atoms. The quantitative estimate of drug-likeness (QED) is 0.629. The molecule has 116 valence electrons. The molecule has 1 aliphatic rings. The highest BCUT2D eigenvalue weighted by Gasteiger charge is 2.41. The average Bonchev–Trinajstić information content (AvgIpc) is 2.45. The number of piperazine rings is 1. The van der Waals surface area contributed by atoms with Gasteiger partial charge in [0.15, 0.2) is 0 Å². The lowest BCUT2D eigenvalue weighted by Gasteiger charge is -2.45. The first-order chi connectivity index (χ1) is 9.90. The topological polar surface area (TPSA) is 87.4 Å². The number of likely N-dealkylation sites (N-methyl/N-ethyl adjacent to an activating group) is 1. The number of nitrogens with zero attached hydrogens (tertiary/aromatic N) is 4. The average molecular weight is 292 g/mol.